The van der Waals surface area contributed by atoms with Crippen LogP contribution in [0, 0.1) is 0 Å². The molecule has 3 rings (SSSR count). The van der Waals surface area contributed by atoms with Crippen LogP contribution in [0.3, 0.4) is 0 Å². The zero-order valence-electron chi connectivity index (χ0n) is 17.8. The third-order valence-corrected chi connectivity index (χ3v) is 4.61. The molecule has 0 aliphatic rings. The van der Waals surface area contributed by atoms with Gasteiger partial charge in [0.25, 0.3) is 0 Å². The first-order valence-corrected chi connectivity index (χ1v) is 9.16. The maximum atomic E-state index is 12.8. The van der Waals surface area contributed by atoms with E-state index in [4.69, 9.17) is 23.7 Å². The van der Waals surface area contributed by atoms with E-state index in [1.165, 1.54) is 40.2 Å². The van der Waals surface area contributed by atoms with Crippen LogP contribution in [0.1, 0.15) is 20.8 Å². The van der Waals surface area contributed by atoms with Gasteiger partial charge < -0.3 is 23.7 Å². The summed E-state index contributed by atoms with van der Waals surface area (Å²) in [5.41, 5.74) is 0.861. The molecule has 0 unspecified atom stereocenters. The molecule has 31 heavy (non-hydrogen) atoms. The lowest BCUT2D eigenvalue weighted by atomic mass is 10.0. The molecule has 0 fully saturated rings. The predicted octanol–water partition coefficient (Wildman–Crippen LogP) is 3.14. The molecular weight excluding hydrogens is 404 g/mol. The minimum atomic E-state index is -0.766. The van der Waals surface area contributed by atoms with Crippen LogP contribution < -0.4 is 14.2 Å². The number of aromatic nitrogens is 2. The maximum Gasteiger partial charge on any atom is 0.357 e. The zero-order chi connectivity index (χ0) is 22.5. The number of methoxy groups -OCH3 is 5. The Morgan fingerprint density at radius 2 is 1.39 bits per heavy atom. The van der Waals surface area contributed by atoms with Crippen LogP contribution in [0.5, 0.6) is 17.2 Å². The van der Waals surface area contributed by atoms with Gasteiger partial charge in [-0.3, -0.25) is 0 Å². The van der Waals surface area contributed by atoms with Crippen molar-refractivity contribution in [1.82, 2.24) is 9.78 Å². The lowest BCUT2D eigenvalue weighted by molar-refractivity contribution is 0.0549. The van der Waals surface area contributed by atoms with Crippen molar-refractivity contribution < 1.29 is 33.3 Å². The first-order chi connectivity index (χ1) is 15.0. The van der Waals surface area contributed by atoms with E-state index in [0.717, 1.165) is 0 Å². The van der Waals surface area contributed by atoms with Gasteiger partial charge in [0, 0.05) is 12.1 Å². The molecule has 9 nitrogen and oxygen atoms in total. The van der Waals surface area contributed by atoms with Gasteiger partial charge in [-0.15, -0.1) is 0 Å². The Morgan fingerprint density at radius 1 is 0.806 bits per heavy atom. The summed E-state index contributed by atoms with van der Waals surface area (Å²) in [4.78, 5) is 25.6. The maximum absolute atomic E-state index is 12.8. The lowest BCUT2D eigenvalue weighted by Gasteiger charge is -2.14. The van der Waals surface area contributed by atoms with Gasteiger partial charge in [0.2, 0.25) is 0 Å². The fraction of sp³-hybridized carbons (Fsp3) is 0.227. The molecule has 0 saturated carbocycles. The number of rotatable bonds is 7. The number of para-hydroxylation sites is 1. The summed E-state index contributed by atoms with van der Waals surface area (Å²) in [5, 5.41) is 4.58. The molecule has 2 aromatic carbocycles. The Labute approximate surface area is 179 Å². The van der Waals surface area contributed by atoms with Crippen molar-refractivity contribution in [3.05, 3.63) is 53.7 Å². The van der Waals surface area contributed by atoms with Gasteiger partial charge in [-0.2, -0.15) is 5.10 Å². The molecule has 0 saturated heterocycles. The van der Waals surface area contributed by atoms with Crippen LogP contribution in [0.2, 0.25) is 0 Å². The van der Waals surface area contributed by atoms with Gasteiger partial charge in [0.05, 0.1) is 46.8 Å². The van der Waals surface area contributed by atoms with E-state index in [9.17, 15) is 9.59 Å². The summed E-state index contributed by atoms with van der Waals surface area (Å²) in [5.74, 6) is -0.384. The molecule has 1 heterocycles. The predicted molar refractivity (Wildman–Crippen MR) is 111 cm³/mol. The fourth-order valence-corrected chi connectivity index (χ4v) is 3.17. The van der Waals surface area contributed by atoms with Crippen molar-refractivity contribution in [2.24, 2.45) is 0 Å². The largest absolute Gasteiger partial charge is 0.496 e. The van der Waals surface area contributed by atoms with E-state index in [-0.39, 0.29) is 17.0 Å². The number of nitrogens with zero attached hydrogens (tertiary/aromatic N) is 2. The first-order valence-electron chi connectivity index (χ1n) is 9.16. The molecule has 0 atom stereocenters. The highest BCUT2D eigenvalue weighted by molar-refractivity contribution is 6.07. The topological polar surface area (TPSA) is 98.1 Å². The third-order valence-electron chi connectivity index (χ3n) is 4.61. The average Bonchev–Trinajstić information content (AvgIpc) is 3.22. The van der Waals surface area contributed by atoms with Crippen LogP contribution in [0.25, 0.3) is 16.9 Å². The Kier molecular flexibility index (Phi) is 6.44. The first kappa shape index (κ1) is 21.7. The van der Waals surface area contributed by atoms with E-state index >= 15 is 0 Å². The highest BCUT2D eigenvalue weighted by Crippen LogP contribution is 2.43. The van der Waals surface area contributed by atoms with Gasteiger partial charge in [-0.1, -0.05) is 18.2 Å². The van der Waals surface area contributed by atoms with Gasteiger partial charge >= 0.3 is 11.9 Å². The second-order valence-electron chi connectivity index (χ2n) is 6.21. The van der Waals surface area contributed by atoms with Crippen molar-refractivity contribution >= 4 is 11.9 Å². The van der Waals surface area contributed by atoms with E-state index < -0.39 is 11.9 Å². The van der Waals surface area contributed by atoms with Crippen LogP contribution >= 0.6 is 0 Å². The minimum Gasteiger partial charge on any atom is -0.496 e. The van der Waals surface area contributed by atoms with Crippen molar-refractivity contribution in [1.29, 1.82) is 0 Å². The SMILES string of the molecule is COC(=O)c1c(-c2c(OC)cc(OC)cc2OC)nn(-c2ccccc2)c1C(=O)OC. The standard InChI is InChI=1S/C22H22N2O7/c1-27-14-11-15(28-2)17(16(12-14)29-3)19-18(21(25)30-4)20(22(26)31-5)24(23-19)13-9-7-6-8-10-13/h6-12H,1-5H3. The van der Waals surface area contributed by atoms with Crippen LogP contribution in [0.15, 0.2) is 42.5 Å². The average molecular weight is 426 g/mol. The summed E-state index contributed by atoms with van der Waals surface area (Å²) in [6.45, 7) is 0. The fourth-order valence-electron chi connectivity index (χ4n) is 3.17. The third kappa shape index (κ3) is 3.89. The molecule has 0 spiro atoms. The summed E-state index contributed by atoms with van der Waals surface area (Å²) in [7, 11) is 6.87. The zero-order valence-corrected chi connectivity index (χ0v) is 17.8. The molecule has 0 bridgehead atoms. The Bertz CT molecular complexity index is 1080. The molecule has 9 heteroatoms. The molecule has 3 aromatic rings. The number of hydrogen-bond donors (Lipinski definition) is 0. The van der Waals surface area contributed by atoms with Gasteiger partial charge in [-0.05, 0) is 12.1 Å². The van der Waals surface area contributed by atoms with E-state index in [0.29, 0.717) is 28.5 Å². The summed E-state index contributed by atoms with van der Waals surface area (Å²) >= 11 is 0. The second-order valence-corrected chi connectivity index (χ2v) is 6.21. The number of benzene rings is 2. The number of carbonyl (C=O) groups excluding carboxylic acids is 2. The summed E-state index contributed by atoms with van der Waals surface area (Å²) in [6, 6.07) is 12.1. The van der Waals surface area contributed by atoms with E-state index in [1.807, 2.05) is 6.07 Å². The number of carbonyl (C=O) groups is 2. The number of hydrogen-bond acceptors (Lipinski definition) is 8. The van der Waals surface area contributed by atoms with Crippen molar-refractivity contribution in [2.75, 3.05) is 35.5 Å². The molecule has 1 aromatic heterocycles. The monoisotopic (exact) mass is 426 g/mol. The van der Waals surface area contributed by atoms with Gasteiger partial charge in [-0.25, -0.2) is 14.3 Å². The smallest absolute Gasteiger partial charge is 0.357 e. The van der Waals surface area contributed by atoms with E-state index in [1.54, 1.807) is 36.4 Å². The van der Waals surface area contributed by atoms with Crippen molar-refractivity contribution in [3.8, 4) is 34.2 Å². The Hall–Kier alpha value is -4.01. The molecule has 0 radical (unpaired) electrons. The minimum absolute atomic E-state index is 0.0834. The highest BCUT2D eigenvalue weighted by atomic mass is 16.5. The molecule has 0 amide bonds. The Morgan fingerprint density at radius 3 is 1.87 bits per heavy atom. The van der Waals surface area contributed by atoms with Crippen LogP contribution in [0.4, 0.5) is 0 Å². The van der Waals surface area contributed by atoms with Crippen molar-refractivity contribution in [3.63, 3.8) is 0 Å². The molecule has 162 valence electrons. The summed E-state index contributed by atoms with van der Waals surface area (Å²) in [6.07, 6.45) is 0. The number of ether oxygens (including phenoxy) is 5. The quantitative estimate of drug-likeness (QED) is 0.532. The van der Waals surface area contributed by atoms with Crippen molar-refractivity contribution in [2.45, 2.75) is 0 Å². The molecule has 0 aliphatic heterocycles. The highest BCUT2D eigenvalue weighted by Gasteiger charge is 2.34. The van der Waals surface area contributed by atoms with Crippen LogP contribution in [-0.4, -0.2) is 57.3 Å². The molecule has 0 N–H and O–H groups in total. The molecular formula is C22H22N2O7. The summed E-state index contributed by atoms with van der Waals surface area (Å²) < 4.78 is 27.6. The Balaban J connectivity index is 2.45. The second kappa shape index (κ2) is 9.21. The van der Waals surface area contributed by atoms with E-state index in [2.05, 4.69) is 5.10 Å². The normalized spacial score (nSPS) is 10.4. The van der Waals surface area contributed by atoms with Gasteiger partial charge in [0.15, 0.2) is 5.69 Å². The lowest BCUT2D eigenvalue weighted by Crippen LogP contribution is -2.15. The van der Waals surface area contributed by atoms with Crippen LogP contribution in [-0.2, 0) is 9.47 Å². The number of esters is 2. The van der Waals surface area contributed by atoms with Gasteiger partial charge in [0.1, 0.15) is 28.5 Å². The molecule has 0 aliphatic carbocycles.